The highest BCUT2D eigenvalue weighted by Gasteiger charge is 2.39. The Bertz CT molecular complexity index is 494. The average Bonchev–Trinajstić information content (AvgIpc) is 2.82. The van der Waals surface area contributed by atoms with Gasteiger partial charge in [-0.3, -0.25) is 4.79 Å². The molecule has 0 saturated heterocycles. The third-order valence-electron chi connectivity index (χ3n) is 4.81. The maximum atomic E-state index is 12.0. The smallest absolute Gasteiger partial charge is 0.166 e. The van der Waals surface area contributed by atoms with Gasteiger partial charge < -0.3 is 4.90 Å². The molecule has 17 heavy (non-hydrogen) atoms. The minimum atomic E-state index is 0.342. The largest absolute Gasteiger partial charge is 0.370 e. The highest BCUT2D eigenvalue weighted by molar-refractivity contribution is 6.04. The van der Waals surface area contributed by atoms with Crippen molar-refractivity contribution in [1.29, 1.82) is 0 Å². The van der Waals surface area contributed by atoms with Crippen molar-refractivity contribution in [2.24, 2.45) is 5.92 Å². The van der Waals surface area contributed by atoms with Crippen molar-refractivity contribution in [2.75, 3.05) is 18.0 Å². The van der Waals surface area contributed by atoms with Gasteiger partial charge in [0, 0.05) is 25.1 Å². The van der Waals surface area contributed by atoms with Crippen molar-refractivity contribution in [3.63, 3.8) is 0 Å². The highest BCUT2D eigenvalue weighted by atomic mass is 16.1. The second-order valence-corrected chi connectivity index (χ2v) is 5.66. The first-order valence-corrected chi connectivity index (χ1v) is 6.75. The lowest BCUT2D eigenvalue weighted by Crippen LogP contribution is -2.41. The van der Waals surface area contributed by atoms with E-state index < -0.39 is 0 Å². The zero-order valence-corrected chi connectivity index (χ0v) is 9.98. The van der Waals surface area contributed by atoms with Gasteiger partial charge in [-0.2, -0.15) is 0 Å². The summed E-state index contributed by atoms with van der Waals surface area (Å²) in [6, 6.07) is 6.35. The lowest BCUT2D eigenvalue weighted by Gasteiger charge is -2.41. The second-order valence-electron chi connectivity index (χ2n) is 5.66. The number of Topliss-reactive ketones (excluding diaryl/α,β-unsaturated/α-hetero) is 1. The van der Waals surface area contributed by atoms with Crippen molar-refractivity contribution < 1.29 is 4.79 Å². The number of carbonyl (C=O) groups is 1. The normalized spacial score (nSPS) is 30.1. The summed E-state index contributed by atoms with van der Waals surface area (Å²) in [5, 5.41) is 0. The topological polar surface area (TPSA) is 20.3 Å². The summed E-state index contributed by atoms with van der Waals surface area (Å²) in [7, 11) is 0. The molecule has 1 aliphatic carbocycles. The fraction of sp³-hybridized carbons (Fsp3) is 0.533. The molecule has 1 saturated carbocycles. The molecule has 2 heteroatoms. The van der Waals surface area contributed by atoms with Gasteiger partial charge in [-0.05, 0) is 36.3 Å². The number of ketones is 1. The number of benzene rings is 1. The number of carbonyl (C=O) groups excluding carboxylic acids is 1. The minimum Gasteiger partial charge on any atom is -0.370 e. The number of hydrogen-bond donors (Lipinski definition) is 0. The number of nitrogens with zero attached hydrogens (tertiary/aromatic N) is 1. The molecule has 2 aliphatic heterocycles. The lowest BCUT2D eigenvalue weighted by atomic mass is 9.80. The minimum absolute atomic E-state index is 0.342. The molecule has 0 aromatic heterocycles. The summed E-state index contributed by atoms with van der Waals surface area (Å²) >= 11 is 0. The van der Waals surface area contributed by atoms with Gasteiger partial charge in [0.1, 0.15) is 0 Å². The van der Waals surface area contributed by atoms with Crippen molar-refractivity contribution in [1.82, 2.24) is 0 Å². The average molecular weight is 227 g/mol. The van der Waals surface area contributed by atoms with Crippen LogP contribution in [0, 0.1) is 5.92 Å². The van der Waals surface area contributed by atoms with E-state index in [-0.39, 0.29) is 0 Å². The number of anilines is 1. The predicted octanol–water partition coefficient (Wildman–Crippen LogP) is 2.98. The zero-order valence-electron chi connectivity index (χ0n) is 9.98. The van der Waals surface area contributed by atoms with Gasteiger partial charge in [0.2, 0.25) is 0 Å². The van der Waals surface area contributed by atoms with E-state index >= 15 is 0 Å². The van der Waals surface area contributed by atoms with Crippen LogP contribution < -0.4 is 4.90 Å². The van der Waals surface area contributed by atoms with E-state index in [4.69, 9.17) is 0 Å². The SMILES string of the molecule is O=C1CCN2C[C@@H]3CCC[C@@H]3c3cccc1c32. The Balaban J connectivity index is 1.93. The van der Waals surface area contributed by atoms with E-state index in [2.05, 4.69) is 17.0 Å². The molecule has 0 unspecified atom stereocenters. The number of hydrogen-bond acceptors (Lipinski definition) is 2. The molecule has 2 heterocycles. The predicted molar refractivity (Wildman–Crippen MR) is 67.7 cm³/mol. The highest BCUT2D eigenvalue weighted by Crippen LogP contribution is 2.49. The summed E-state index contributed by atoms with van der Waals surface area (Å²) in [6.45, 7) is 2.12. The van der Waals surface area contributed by atoms with E-state index in [0.29, 0.717) is 12.2 Å². The zero-order chi connectivity index (χ0) is 11.4. The quantitative estimate of drug-likeness (QED) is 0.679. The molecule has 0 spiro atoms. The summed E-state index contributed by atoms with van der Waals surface area (Å²) in [6.07, 6.45) is 4.76. The van der Waals surface area contributed by atoms with Crippen LogP contribution in [0.2, 0.25) is 0 Å². The first-order valence-electron chi connectivity index (χ1n) is 6.75. The monoisotopic (exact) mass is 227 g/mol. The van der Waals surface area contributed by atoms with E-state index in [1.54, 1.807) is 0 Å². The molecule has 1 aromatic carbocycles. The lowest BCUT2D eigenvalue weighted by molar-refractivity contribution is 0.0978. The Morgan fingerprint density at radius 1 is 1.24 bits per heavy atom. The van der Waals surface area contributed by atoms with Crippen LogP contribution in [-0.2, 0) is 0 Å². The molecule has 0 radical (unpaired) electrons. The van der Waals surface area contributed by atoms with E-state index in [1.807, 2.05) is 6.07 Å². The number of rotatable bonds is 0. The van der Waals surface area contributed by atoms with Crippen molar-refractivity contribution in [2.45, 2.75) is 31.6 Å². The summed E-state index contributed by atoms with van der Waals surface area (Å²) in [5.41, 5.74) is 3.73. The third kappa shape index (κ3) is 1.24. The molecule has 0 bridgehead atoms. The maximum Gasteiger partial charge on any atom is 0.166 e. The molecule has 1 fully saturated rings. The first kappa shape index (κ1) is 9.69. The van der Waals surface area contributed by atoms with Crippen LogP contribution in [-0.4, -0.2) is 18.9 Å². The van der Waals surface area contributed by atoms with E-state index in [0.717, 1.165) is 23.9 Å². The molecule has 1 aromatic rings. The summed E-state index contributed by atoms with van der Waals surface area (Å²) in [5.74, 6) is 1.91. The molecular formula is C15H17NO. The molecule has 0 amide bonds. The van der Waals surface area contributed by atoms with Gasteiger partial charge in [0.05, 0.1) is 5.69 Å². The Hall–Kier alpha value is -1.31. The van der Waals surface area contributed by atoms with E-state index in [1.165, 1.54) is 37.1 Å². The van der Waals surface area contributed by atoms with Crippen LogP contribution >= 0.6 is 0 Å². The second kappa shape index (κ2) is 3.34. The van der Waals surface area contributed by atoms with Crippen molar-refractivity contribution in [3.8, 4) is 0 Å². The first-order chi connectivity index (χ1) is 8.34. The van der Waals surface area contributed by atoms with Gasteiger partial charge in [-0.1, -0.05) is 18.6 Å². The standard InChI is InChI=1S/C15H17NO/c17-14-7-8-16-9-10-3-1-4-11(10)12-5-2-6-13(14)15(12)16/h2,5-6,10-11H,1,3-4,7-9H2/t10-,11-/m0/s1. The Labute approximate surface area is 102 Å². The van der Waals surface area contributed by atoms with E-state index in [9.17, 15) is 4.79 Å². The molecule has 2 atom stereocenters. The Morgan fingerprint density at radius 3 is 3.12 bits per heavy atom. The summed E-state index contributed by atoms with van der Waals surface area (Å²) in [4.78, 5) is 14.5. The molecule has 3 aliphatic rings. The van der Waals surface area contributed by atoms with Gasteiger partial charge in [0.15, 0.2) is 5.78 Å². The Kier molecular flexibility index (Phi) is 1.91. The van der Waals surface area contributed by atoms with Crippen LogP contribution in [0.15, 0.2) is 18.2 Å². The summed E-state index contributed by atoms with van der Waals surface area (Å²) < 4.78 is 0. The van der Waals surface area contributed by atoms with Gasteiger partial charge in [-0.25, -0.2) is 0 Å². The van der Waals surface area contributed by atoms with Crippen LogP contribution in [0.3, 0.4) is 0 Å². The molecule has 2 nitrogen and oxygen atoms in total. The molecular weight excluding hydrogens is 210 g/mol. The van der Waals surface area contributed by atoms with Gasteiger partial charge in [-0.15, -0.1) is 0 Å². The Morgan fingerprint density at radius 2 is 2.18 bits per heavy atom. The van der Waals surface area contributed by atoms with Gasteiger partial charge in [0.25, 0.3) is 0 Å². The molecule has 88 valence electrons. The maximum absolute atomic E-state index is 12.0. The molecule has 0 N–H and O–H groups in total. The van der Waals surface area contributed by atoms with Crippen molar-refractivity contribution >= 4 is 11.5 Å². The fourth-order valence-corrected chi connectivity index (χ4v) is 4.05. The van der Waals surface area contributed by atoms with Crippen LogP contribution in [0.1, 0.15) is 47.5 Å². The van der Waals surface area contributed by atoms with Crippen LogP contribution in [0.5, 0.6) is 0 Å². The van der Waals surface area contributed by atoms with Crippen LogP contribution in [0.25, 0.3) is 0 Å². The van der Waals surface area contributed by atoms with Crippen LogP contribution in [0.4, 0.5) is 5.69 Å². The van der Waals surface area contributed by atoms with Gasteiger partial charge >= 0.3 is 0 Å². The fourth-order valence-electron chi connectivity index (χ4n) is 4.05. The number of fused-ring (bicyclic) bond motifs is 2. The molecule has 4 rings (SSSR count). The third-order valence-corrected chi connectivity index (χ3v) is 4.81. The number of para-hydroxylation sites is 1. The van der Waals surface area contributed by atoms with Crippen molar-refractivity contribution in [3.05, 3.63) is 29.3 Å².